The van der Waals surface area contributed by atoms with Crippen LogP contribution in [0.3, 0.4) is 0 Å². The Morgan fingerprint density at radius 1 is 0.689 bits per heavy atom. The van der Waals surface area contributed by atoms with Crippen LogP contribution in [0.25, 0.3) is 10.8 Å². The van der Waals surface area contributed by atoms with Crippen molar-refractivity contribution in [3.8, 4) is 5.75 Å². The first-order chi connectivity index (χ1) is 27.8. The van der Waals surface area contributed by atoms with Crippen molar-refractivity contribution in [2.24, 2.45) is 10.2 Å². The van der Waals surface area contributed by atoms with E-state index in [1.807, 2.05) is 5.32 Å². The van der Waals surface area contributed by atoms with Crippen LogP contribution in [0.4, 0.5) is 46.0 Å². The Hall–Kier alpha value is -5.52. The predicted octanol–water partition coefficient (Wildman–Crippen LogP) is 3.95. The number of nitrogen functional groups attached to an aromatic ring is 1. The van der Waals surface area contributed by atoms with E-state index in [9.17, 15) is 74.8 Å². The van der Waals surface area contributed by atoms with Gasteiger partial charge in [-0.05, 0) is 75.4 Å². The number of amides is 1. The van der Waals surface area contributed by atoms with Crippen LogP contribution in [0.1, 0.15) is 0 Å². The molecule has 1 aromatic heterocycles. The number of benzene rings is 4. The zero-order chi connectivity index (χ0) is 45.8. The molecule has 0 bridgehead atoms. The topological polar surface area (TPSA) is 435 Å². The maximum Gasteiger partial charge on any atom is 0.296 e. The molecule has 0 radical (unpaired) electrons. The van der Waals surface area contributed by atoms with Crippen LogP contribution < -0.4 is 21.7 Å². The van der Waals surface area contributed by atoms with Gasteiger partial charge in [-0.1, -0.05) is 6.58 Å². The van der Waals surface area contributed by atoms with Gasteiger partial charge in [-0.25, -0.2) is 0 Å². The predicted molar refractivity (Wildman–Crippen MR) is 214 cm³/mol. The molecule has 0 aliphatic rings. The molecule has 5 aromatic rings. The van der Waals surface area contributed by atoms with Crippen LogP contribution in [0.2, 0.25) is 5.28 Å². The average molecular weight is 1030 g/mol. The highest BCUT2D eigenvalue weighted by molar-refractivity contribution is 9.12. The summed E-state index contributed by atoms with van der Waals surface area (Å²) >= 11 is 8.74. The minimum absolute atomic E-state index is 0.283. The molecule has 0 aliphatic carbocycles. The lowest BCUT2D eigenvalue weighted by Gasteiger charge is -2.15. The summed E-state index contributed by atoms with van der Waals surface area (Å²) in [6, 6.07) is 5.43. The number of aromatic hydroxyl groups is 1. The second kappa shape index (κ2) is 16.4. The molecule has 0 atom stereocenters. The number of rotatable bonds is 13. The summed E-state index contributed by atoms with van der Waals surface area (Å²) in [5, 5.41) is 23.1. The van der Waals surface area contributed by atoms with Crippen molar-refractivity contribution in [3.05, 3.63) is 64.9 Å². The standard InChI is InChI=1S/C28H21BrClN9O17S5/c1-10(29)25(41)33-15-8-20(60(51,52)53)16(9-19(15)59(48,49)50)34-28-36-26(30)35-27(37-28)32-12-2-3-14(18(6-12)58(45,46)47)38-39-24-22-11(5-21(23(24)31)61(54,55)56)4-13(7-17(22)40)57(42,43)44/h2-9,40H,1,31H2,(H,33,41)(H,42,43,44)(H,45,46,47)(H,48,49,50)(H,51,52,53)(H,54,55,56)(H2,32,34,35,36,37)/b39-38+. The fourth-order valence-corrected chi connectivity index (χ4v) is 8.40. The van der Waals surface area contributed by atoms with Crippen molar-refractivity contribution < 1.29 is 74.8 Å². The quantitative estimate of drug-likeness (QED) is 0.0345. The molecular formula is C28H21BrClN9O17S5. The molecule has 11 N–H and O–H groups in total. The van der Waals surface area contributed by atoms with E-state index in [0.29, 0.717) is 36.4 Å². The SMILES string of the molecule is C=C(Br)C(=O)Nc1cc(S(=O)(=O)O)c(Nc2nc(Cl)nc(Nc3ccc(/N=N/c4c(N)c(S(=O)(=O)O)cc5cc(S(=O)(=O)O)cc(O)c45)c(S(=O)(=O)O)c3)n2)cc1S(=O)(=O)O. The number of phenolic OH excluding ortho intramolecular Hbond substituents is 1. The van der Waals surface area contributed by atoms with Gasteiger partial charge in [0.2, 0.25) is 17.2 Å². The first-order valence-corrected chi connectivity index (χ1v) is 23.5. The van der Waals surface area contributed by atoms with E-state index in [-0.39, 0.29) is 10.2 Å². The Morgan fingerprint density at radius 3 is 1.77 bits per heavy atom. The Labute approximate surface area is 355 Å². The molecule has 1 heterocycles. The van der Waals surface area contributed by atoms with Gasteiger partial charge in [0.1, 0.15) is 36.7 Å². The van der Waals surface area contributed by atoms with Crippen LogP contribution in [0.15, 0.2) is 94.3 Å². The van der Waals surface area contributed by atoms with E-state index in [0.717, 1.165) is 12.1 Å². The Morgan fingerprint density at radius 2 is 1.23 bits per heavy atom. The van der Waals surface area contributed by atoms with Crippen molar-refractivity contribution in [2.45, 2.75) is 24.5 Å². The number of hydrogen-bond donors (Lipinski definition) is 10. The summed E-state index contributed by atoms with van der Waals surface area (Å²) in [5.41, 5.74) is 1.64. The lowest BCUT2D eigenvalue weighted by molar-refractivity contribution is -0.112. The fourth-order valence-electron chi connectivity index (χ4n) is 5.00. The molecule has 26 nitrogen and oxygen atoms in total. The molecule has 324 valence electrons. The summed E-state index contributed by atoms with van der Waals surface area (Å²) < 4.78 is 170. The van der Waals surface area contributed by atoms with Crippen LogP contribution in [0.5, 0.6) is 5.75 Å². The smallest absolute Gasteiger partial charge is 0.296 e. The maximum atomic E-state index is 12.5. The van der Waals surface area contributed by atoms with Gasteiger partial charge in [-0.15, -0.1) is 10.2 Å². The molecule has 0 fully saturated rings. The van der Waals surface area contributed by atoms with Gasteiger partial charge >= 0.3 is 0 Å². The number of phenols is 1. The molecule has 4 aromatic carbocycles. The molecule has 1 amide bonds. The molecule has 0 saturated heterocycles. The highest BCUT2D eigenvalue weighted by Gasteiger charge is 2.28. The summed E-state index contributed by atoms with van der Waals surface area (Å²) in [5.74, 6) is -3.29. The van der Waals surface area contributed by atoms with Crippen molar-refractivity contribution in [3.63, 3.8) is 0 Å². The van der Waals surface area contributed by atoms with E-state index in [2.05, 4.69) is 58.3 Å². The third kappa shape index (κ3) is 10.7. The van der Waals surface area contributed by atoms with Crippen LogP contribution >= 0.6 is 27.5 Å². The molecule has 33 heteroatoms. The van der Waals surface area contributed by atoms with Gasteiger partial charge in [0, 0.05) is 11.8 Å². The summed E-state index contributed by atoms with van der Waals surface area (Å²) in [6.45, 7) is 3.27. The van der Waals surface area contributed by atoms with E-state index >= 15 is 0 Å². The highest BCUT2D eigenvalue weighted by atomic mass is 79.9. The summed E-state index contributed by atoms with van der Waals surface area (Å²) in [7, 11) is -25.9. The number of nitrogens with zero attached hydrogens (tertiary/aromatic N) is 5. The number of carbonyl (C=O) groups excluding carboxylic acids is 1. The lowest BCUT2D eigenvalue weighted by atomic mass is 10.1. The van der Waals surface area contributed by atoms with E-state index in [4.69, 9.17) is 17.3 Å². The normalized spacial score (nSPS) is 12.7. The van der Waals surface area contributed by atoms with Gasteiger partial charge in [-0.2, -0.15) is 57.0 Å². The maximum absolute atomic E-state index is 12.5. The number of nitrogens with one attached hydrogen (secondary N) is 3. The third-order valence-electron chi connectivity index (χ3n) is 7.48. The molecule has 0 unspecified atom stereocenters. The van der Waals surface area contributed by atoms with E-state index < -0.39 is 143 Å². The lowest BCUT2D eigenvalue weighted by Crippen LogP contribution is -2.16. The first-order valence-electron chi connectivity index (χ1n) is 15.2. The van der Waals surface area contributed by atoms with Crippen LogP contribution in [-0.2, 0) is 55.4 Å². The Balaban J connectivity index is 1.58. The van der Waals surface area contributed by atoms with Crippen molar-refractivity contribution in [1.82, 2.24) is 15.0 Å². The second-order valence-electron chi connectivity index (χ2n) is 11.6. The largest absolute Gasteiger partial charge is 0.507 e. The zero-order valence-corrected chi connectivity index (χ0v) is 35.5. The molecule has 0 saturated carbocycles. The molecule has 5 rings (SSSR count). The monoisotopic (exact) mass is 1030 g/mol. The number of hydrogen-bond acceptors (Lipinski definition) is 20. The highest BCUT2D eigenvalue weighted by Crippen LogP contribution is 2.44. The van der Waals surface area contributed by atoms with E-state index in [1.54, 1.807) is 0 Å². The number of anilines is 6. The minimum Gasteiger partial charge on any atom is -0.507 e. The minimum atomic E-state index is -5.27. The van der Waals surface area contributed by atoms with E-state index in [1.165, 1.54) is 0 Å². The van der Waals surface area contributed by atoms with Gasteiger partial charge in [0.25, 0.3) is 56.5 Å². The average Bonchev–Trinajstić information content (AvgIpc) is 3.09. The number of aromatic nitrogens is 3. The molecule has 0 spiro atoms. The fraction of sp³-hybridized carbons (Fsp3) is 0. The van der Waals surface area contributed by atoms with Crippen molar-refractivity contribution in [1.29, 1.82) is 0 Å². The molecule has 61 heavy (non-hydrogen) atoms. The second-order valence-corrected chi connectivity index (χ2v) is 19.9. The number of carbonyl (C=O) groups is 1. The van der Waals surface area contributed by atoms with Gasteiger partial charge in [-0.3, -0.25) is 27.6 Å². The molecular weight excluding hydrogens is 1010 g/mol. The molecule has 0 aliphatic heterocycles. The number of azo groups is 1. The summed E-state index contributed by atoms with van der Waals surface area (Å²) in [6.07, 6.45) is 0. The first kappa shape index (κ1) is 46.5. The van der Waals surface area contributed by atoms with Crippen LogP contribution in [-0.4, -0.2) is 90.8 Å². The zero-order valence-electron chi connectivity index (χ0n) is 29.1. The van der Waals surface area contributed by atoms with Crippen LogP contribution in [0, 0.1) is 0 Å². The Bertz CT molecular complexity index is 3360. The van der Waals surface area contributed by atoms with Crippen molar-refractivity contribution in [2.75, 3.05) is 21.7 Å². The Kier molecular flexibility index (Phi) is 12.5. The van der Waals surface area contributed by atoms with Crippen molar-refractivity contribution >= 4 is 141 Å². The van der Waals surface area contributed by atoms with Gasteiger partial charge in [0.15, 0.2) is 0 Å². The van der Waals surface area contributed by atoms with Gasteiger partial charge < -0.3 is 26.8 Å². The number of fused-ring (bicyclic) bond motifs is 1. The third-order valence-corrected chi connectivity index (χ3v) is 12.4. The summed E-state index contributed by atoms with van der Waals surface area (Å²) in [4.78, 5) is 18.3. The number of halogens is 2. The van der Waals surface area contributed by atoms with Gasteiger partial charge in [0.05, 0.1) is 31.8 Å². The number of nitrogens with two attached hydrogens (primary N) is 1.